The maximum Gasteiger partial charge on any atom is 0.109 e. The third-order valence-electron chi connectivity index (χ3n) is 5.50. The van der Waals surface area contributed by atoms with Crippen LogP contribution in [0.5, 0.6) is 0 Å². The first kappa shape index (κ1) is 20.3. The average molecular weight is 321 g/mol. The minimum atomic E-state index is 0.138. The molecule has 1 rings (SSSR count). The second kappa shape index (κ2) is 7.85. The molecule has 0 amide bonds. The summed E-state index contributed by atoms with van der Waals surface area (Å²) in [5, 5.41) is 0. The SMILES string of the molecule is CCCCC(C)(C)c1[nH]c(C(C)C(C)C)nc1C(C)(C)CCC. The quantitative estimate of drug-likeness (QED) is 0.538. The minimum Gasteiger partial charge on any atom is -0.345 e. The first-order valence-corrected chi connectivity index (χ1v) is 9.67. The van der Waals surface area contributed by atoms with E-state index in [1.165, 1.54) is 49.3 Å². The van der Waals surface area contributed by atoms with Crippen LogP contribution in [0.25, 0.3) is 0 Å². The van der Waals surface area contributed by atoms with Gasteiger partial charge in [-0.3, -0.25) is 0 Å². The molecular formula is C21H40N2. The monoisotopic (exact) mass is 320 g/mol. The summed E-state index contributed by atoms with van der Waals surface area (Å²) in [4.78, 5) is 8.91. The van der Waals surface area contributed by atoms with Gasteiger partial charge >= 0.3 is 0 Å². The van der Waals surface area contributed by atoms with Crippen molar-refractivity contribution >= 4 is 0 Å². The molecule has 134 valence electrons. The lowest BCUT2D eigenvalue weighted by atomic mass is 9.76. The number of hydrogen-bond donors (Lipinski definition) is 1. The molecule has 2 nitrogen and oxygen atoms in total. The Hall–Kier alpha value is -0.790. The Labute approximate surface area is 144 Å². The van der Waals surface area contributed by atoms with Crippen LogP contribution in [0, 0.1) is 5.92 Å². The van der Waals surface area contributed by atoms with Gasteiger partial charge in [-0.1, -0.05) is 81.6 Å². The normalized spacial score (nSPS) is 14.5. The molecule has 1 unspecified atom stereocenters. The molecule has 0 radical (unpaired) electrons. The molecule has 1 aromatic rings. The minimum absolute atomic E-state index is 0.138. The van der Waals surface area contributed by atoms with Gasteiger partial charge in [0.25, 0.3) is 0 Å². The van der Waals surface area contributed by atoms with E-state index in [1.807, 2.05) is 0 Å². The van der Waals surface area contributed by atoms with Gasteiger partial charge in [0, 0.05) is 22.4 Å². The summed E-state index contributed by atoms with van der Waals surface area (Å²) in [6, 6.07) is 0. The Morgan fingerprint density at radius 3 is 2.00 bits per heavy atom. The van der Waals surface area contributed by atoms with Crippen molar-refractivity contribution in [2.45, 2.75) is 111 Å². The Balaban J connectivity index is 3.35. The van der Waals surface area contributed by atoms with Crippen LogP contribution in [-0.2, 0) is 10.8 Å². The Morgan fingerprint density at radius 2 is 1.52 bits per heavy atom. The summed E-state index contributed by atoms with van der Waals surface area (Å²) in [7, 11) is 0. The second-order valence-electron chi connectivity index (χ2n) is 9.00. The molecule has 1 atom stereocenters. The van der Waals surface area contributed by atoms with Crippen LogP contribution in [0.2, 0.25) is 0 Å². The van der Waals surface area contributed by atoms with Crippen LogP contribution in [0.1, 0.15) is 118 Å². The van der Waals surface area contributed by atoms with E-state index in [-0.39, 0.29) is 10.8 Å². The van der Waals surface area contributed by atoms with E-state index in [4.69, 9.17) is 4.98 Å². The van der Waals surface area contributed by atoms with Gasteiger partial charge in [-0.2, -0.15) is 0 Å². The molecule has 0 fully saturated rings. The van der Waals surface area contributed by atoms with Crippen LogP contribution >= 0.6 is 0 Å². The zero-order chi connectivity index (χ0) is 17.8. The van der Waals surface area contributed by atoms with Crippen molar-refractivity contribution in [2.75, 3.05) is 0 Å². The van der Waals surface area contributed by atoms with Crippen LogP contribution in [0.3, 0.4) is 0 Å². The van der Waals surface area contributed by atoms with E-state index in [0.29, 0.717) is 11.8 Å². The Bertz CT molecular complexity index is 480. The number of H-pyrrole nitrogens is 1. The van der Waals surface area contributed by atoms with Crippen molar-refractivity contribution in [3.63, 3.8) is 0 Å². The summed E-state index contributed by atoms with van der Waals surface area (Å²) < 4.78 is 0. The fourth-order valence-corrected chi connectivity index (χ4v) is 3.39. The molecule has 23 heavy (non-hydrogen) atoms. The van der Waals surface area contributed by atoms with E-state index in [2.05, 4.69) is 67.3 Å². The fraction of sp³-hybridized carbons (Fsp3) is 0.857. The molecule has 0 saturated carbocycles. The molecule has 0 aliphatic carbocycles. The lowest BCUT2D eigenvalue weighted by Gasteiger charge is -2.30. The highest BCUT2D eigenvalue weighted by atomic mass is 15.0. The number of hydrogen-bond acceptors (Lipinski definition) is 1. The third-order valence-corrected chi connectivity index (χ3v) is 5.50. The molecule has 0 aromatic carbocycles. The van der Waals surface area contributed by atoms with Gasteiger partial charge < -0.3 is 4.98 Å². The largest absolute Gasteiger partial charge is 0.345 e. The lowest BCUT2D eigenvalue weighted by Crippen LogP contribution is -2.26. The topological polar surface area (TPSA) is 28.7 Å². The highest BCUT2D eigenvalue weighted by Crippen LogP contribution is 2.39. The first-order chi connectivity index (χ1) is 10.6. The molecule has 1 heterocycles. The molecular weight excluding hydrogens is 280 g/mol. The summed E-state index contributed by atoms with van der Waals surface area (Å²) in [6.07, 6.45) is 6.12. The smallest absolute Gasteiger partial charge is 0.109 e. The highest BCUT2D eigenvalue weighted by molar-refractivity contribution is 5.30. The number of aromatic amines is 1. The number of imidazole rings is 1. The van der Waals surface area contributed by atoms with Crippen molar-refractivity contribution in [2.24, 2.45) is 5.92 Å². The number of nitrogens with zero attached hydrogens (tertiary/aromatic N) is 1. The molecule has 1 aromatic heterocycles. The molecule has 0 aliphatic rings. The maximum absolute atomic E-state index is 5.14. The zero-order valence-corrected chi connectivity index (χ0v) is 17.1. The van der Waals surface area contributed by atoms with E-state index in [1.54, 1.807) is 0 Å². The maximum atomic E-state index is 5.14. The average Bonchev–Trinajstić information content (AvgIpc) is 2.91. The van der Waals surface area contributed by atoms with Crippen molar-refractivity contribution in [1.29, 1.82) is 0 Å². The summed E-state index contributed by atoms with van der Waals surface area (Å²) >= 11 is 0. The van der Waals surface area contributed by atoms with Gasteiger partial charge in [0.1, 0.15) is 5.82 Å². The lowest BCUT2D eigenvalue weighted by molar-refractivity contribution is 0.409. The summed E-state index contributed by atoms with van der Waals surface area (Å²) in [5.74, 6) is 2.26. The predicted molar refractivity (Wildman–Crippen MR) is 102 cm³/mol. The molecule has 1 N–H and O–H groups in total. The standard InChI is InChI=1S/C21H40N2/c1-10-12-14-21(8,9)18-17(20(6,7)13-11-2)22-19(23-18)16(5)15(3)4/h15-16H,10-14H2,1-9H3,(H,22,23). The summed E-state index contributed by atoms with van der Waals surface area (Å²) in [6.45, 7) is 20.9. The predicted octanol–water partition coefficient (Wildman–Crippen LogP) is 6.71. The van der Waals surface area contributed by atoms with Gasteiger partial charge in [0.2, 0.25) is 0 Å². The molecule has 0 aliphatic heterocycles. The number of aromatic nitrogens is 2. The zero-order valence-electron chi connectivity index (χ0n) is 17.1. The van der Waals surface area contributed by atoms with Crippen LogP contribution in [0.15, 0.2) is 0 Å². The van der Waals surface area contributed by atoms with E-state index in [0.717, 1.165) is 0 Å². The van der Waals surface area contributed by atoms with Gasteiger partial charge in [-0.25, -0.2) is 4.98 Å². The summed E-state index contributed by atoms with van der Waals surface area (Å²) in [5.41, 5.74) is 2.99. The molecule has 0 saturated heterocycles. The van der Waals surface area contributed by atoms with Gasteiger partial charge in [0.05, 0.1) is 5.69 Å². The second-order valence-corrected chi connectivity index (χ2v) is 9.00. The molecule has 2 heteroatoms. The third kappa shape index (κ3) is 4.84. The highest BCUT2D eigenvalue weighted by Gasteiger charge is 2.34. The molecule has 0 spiro atoms. The molecule has 0 bridgehead atoms. The van der Waals surface area contributed by atoms with Crippen LogP contribution in [-0.4, -0.2) is 9.97 Å². The first-order valence-electron chi connectivity index (χ1n) is 9.67. The van der Waals surface area contributed by atoms with Gasteiger partial charge in [-0.15, -0.1) is 0 Å². The van der Waals surface area contributed by atoms with Gasteiger partial charge in [-0.05, 0) is 18.8 Å². The van der Waals surface area contributed by atoms with Crippen LogP contribution in [0.4, 0.5) is 0 Å². The van der Waals surface area contributed by atoms with Crippen molar-refractivity contribution in [3.8, 4) is 0 Å². The van der Waals surface area contributed by atoms with Crippen molar-refractivity contribution < 1.29 is 0 Å². The van der Waals surface area contributed by atoms with Crippen molar-refractivity contribution in [1.82, 2.24) is 9.97 Å². The van der Waals surface area contributed by atoms with Crippen LogP contribution < -0.4 is 0 Å². The fourth-order valence-electron chi connectivity index (χ4n) is 3.39. The number of rotatable bonds is 9. The van der Waals surface area contributed by atoms with E-state index >= 15 is 0 Å². The van der Waals surface area contributed by atoms with Gasteiger partial charge in [0.15, 0.2) is 0 Å². The van der Waals surface area contributed by atoms with E-state index in [9.17, 15) is 0 Å². The number of nitrogens with one attached hydrogen (secondary N) is 1. The number of unbranched alkanes of at least 4 members (excludes halogenated alkanes) is 1. The van der Waals surface area contributed by atoms with Crippen molar-refractivity contribution in [3.05, 3.63) is 17.2 Å². The Morgan fingerprint density at radius 1 is 0.913 bits per heavy atom. The van der Waals surface area contributed by atoms with E-state index < -0.39 is 0 Å². The Kier molecular flexibility index (Phi) is 6.92.